The molecule has 0 spiro atoms. The van der Waals surface area contributed by atoms with E-state index in [4.69, 9.17) is 14.5 Å². The first kappa shape index (κ1) is 21.1. The van der Waals surface area contributed by atoms with Gasteiger partial charge in [0.1, 0.15) is 11.4 Å². The van der Waals surface area contributed by atoms with Crippen LogP contribution in [0.15, 0.2) is 83.7 Å². The molecule has 0 saturated heterocycles. The molecule has 0 atom stereocenters. The van der Waals surface area contributed by atoms with Crippen molar-refractivity contribution in [3.8, 4) is 5.75 Å². The summed E-state index contributed by atoms with van der Waals surface area (Å²) >= 11 is 0. The number of rotatable bonds is 6. The highest BCUT2D eigenvalue weighted by Gasteiger charge is 2.18. The normalized spacial score (nSPS) is 11.7. The third-order valence-electron chi connectivity index (χ3n) is 6.34. The molecule has 0 saturated carbocycles. The number of pyridine rings is 1. The molecule has 0 amide bonds. The molecular formula is C29H22N2O4. The molecule has 0 unspecified atom stereocenters. The van der Waals surface area contributed by atoms with Crippen LogP contribution < -0.4 is 10.3 Å². The Morgan fingerprint density at radius 1 is 0.914 bits per heavy atom. The quantitative estimate of drug-likeness (QED) is 0.105. The first-order valence-electron chi connectivity index (χ1n) is 11.5. The largest absolute Gasteiger partial charge is 0.493 e. The van der Waals surface area contributed by atoms with Crippen molar-refractivity contribution in [2.45, 2.75) is 13.3 Å². The van der Waals surface area contributed by atoms with Crippen molar-refractivity contribution in [3.05, 3.63) is 89.2 Å². The van der Waals surface area contributed by atoms with E-state index in [2.05, 4.69) is 6.58 Å². The van der Waals surface area contributed by atoms with Gasteiger partial charge >= 0.3 is 5.97 Å². The van der Waals surface area contributed by atoms with Crippen molar-refractivity contribution in [2.24, 2.45) is 0 Å². The van der Waals surface area contributed by atoms with Crippen LogP contribution in [0, 0.1) is 0 Å². The van der Waals surface area contributed by atoms with Crippen molar-refractivity contribution < 1.29 is 14.3 Å². The van der Waals surface area contributed by atoms with Gasteiger partial charge in [0.2, 0.25) is 0 Å². The van der Waals surface area contributed by atoms with Gasteiger partial charge in [-0.1, -0.05) is 43.0 Å². The smallest absolute Gasteiger partial charge is 0.333 e. The fraction of sp³-hybridized carbons (Fsp3) is 0.138. The molecule has 6 rings (SSSR count). The minimum atomic E-state index is -0.403. The van der Waals surface area contributed by atoms with Crippen molar-refractivity contribution >= 4 is 55.0 Å². The van der Waals surface area contributed by atoms with Crippen LogP contribution in [0.2, 0.25) is 0 Å². The molecular weight excluding hydrogens is 440 g/mol. The first-order valence-corrected chi connectivity index (χ1v) is 11.5. The molecule has 4 aromatic carbocycles. The Kier molecular flexibility index (Phi) is 4.88. The van der Waals surface area contributed by atoms with Gasteiger partial charge in [0, 0.05) is 38.9 Å². The number of nitrogens with zero attached hydrogens (tertiary/aromatic N) is 2. The second kappa shape index (κ2) is 8.09. The van der Waals surface area contributed by atoms with E-state index >= 15 is 0 Å². The fourth-order valence-electron chi connectivity index (χ4n) is 4.77. The maximum absolute atomic E-state index is 13.8. The molecule has 0 N–H and O–H groups in total. The van der Waals surface area contributed by atoms with Gasteiger partial charge in [-0.3, -0.25) is 9.20 Å². The Bertz CT molecular complexity index is 1850. The lowest BCUT2D eigenvalue weighted by molar-refractivity contribution is -0.139. The van der Waals surface area contributed by atoms with E-state index in [0.717, 1.165) is 38.0 Å². The molecule has 0 radical (unpaired) electrons. The summed E-state index contributed by atoms with van der Waals surface area (Å²) in [4.78, 5) is 30.2. The summed E-state index contributed by atoms with van der Waals surface area (Å²) in [6.45, 7) is 5.82. The number of benzene rings is 4. The Morgan fingerprint density at radius 3 is 2.51 bits per heavy atom. The summed E-state index contributed by atoms with van der Waals surface area (Å²) in [7, 11) is 0. The van der Waals surface area contributed by atoms with Gasteiger partial charge in [0.05, 0.1) is 24.2 Å². The van der Waals surface area contributed by atoms with Crippen molar-refractivity contribution in [2.75, 3.05) is 13.2 Å². The number of carbonyl (C=O) groups is 1. The second-order valence-electron chi connectivity index (χ2n) is 8.69. The highest BCUT2D eigenvalue weighted by molar-refractivity contribution is 6.18. The molecule has 0 aliphatic heterocycles. The second-order valence-corrected chi connectivity index (χ2v) is 8.69. The molecule has 172 valence electrons. The third-order valence-corrected chi connectivity index (χ3v) is 6.34. The zero-order valence-electron chi connectivity index (χ0n) is 19.2. The number of esters is 1. The van der Waals surface area contributed by atoms with Gasteiger partial charge in [0.25, 0.3) is 5.56 Å². The Morgan fingerprint density at radius 2 is 1.69 bits per heavy atom. The Hall–Kier alpha value is -4.45. The molecule has 2 heterocycles. The molecule has 0 bridgehead atoms. The Balaban J connectivity index is 1.49. The number of carbonyl (C=O) groups excluding carboxylic acids is 1. The minimum Gasteiger partial charge on any atom is -0.493 e. The highest BCUT2D eigenvalue weighted by Crippen LogP contribution is 2.35. The average molecular weight is 463 g/mol. The topological polar surface area (TPSA) is 69.9 Å². The van der Waals surface area contributed by atoms with E-state index in [-0.39, 0.29) is 12.2 Å². The van der Waals surface area contributed by atoms with Gasteiger partial charge < -0.3 is 9.47 Å². The van der Waals surface area contributed by atoms with Gasteiger partial charge in [-0.25, -0.2) is 9.78 Å². The zero-order valence-corrected chi connectivity index (χ0v) is 19.2. The Labute approximate surface area is 200 Å². The summed E-state index contributed by atoms with van der Waals surface area (Å²) in [5.41, 5.74) is 2.60. The van der Waals surface area contributed by atoms with Crippen LogP contribution in [0.3, 0.4) is 0 Å². The molecule has 0 aliphatic rings. The van der Waals surface area contributed by atoms with Crippen LogP contribution in [0.5, 0.6) is 5.75 Å². The molecule has 0 fully saturated rings. The van der Waals surface area contributed by atoms with E-state index in [1.807, 2.05) is 66.7 Å². The number of aromatic nitrogens is 2. The lowest BCUT2D eigenvalue weighted by atomic mass is 10.0. The predicted molar refractivity (Wildman–Crippen MR) is 139 cm³/mol. The molecule has 6 aromatic rings. The van der Waals surface area contributed by atoms with E-state index in [9.17, 15) is 9.59 Å². The van der Waals surface area contributed by atoms with Crippen LogP contribution in [0.1, 0.15) is 13.3 Å². The van der Waals surface area contributed by atoms with Crippen molar-refractivity contribution in [1.82, 2.24) is 9.38 Å². The monoisotopic (exact) mass is 462 g/mol. The van der Waals surface area contributed by atoms with Crippen molar-refractivity contribution in [3.63, 3.8) is 0 Å². The van der Waals surface area contributed by atoms with E-state index in [1.54, 1.807) is 11.3 Å². The van der Waals surface area contributed by atoms with Crippen LogP contribution in [0.25, 0.3) is 49.0 Å². The maximum atomic E-state index is 13.8. The van der Waals surface area contributed by atoms with Crippen molar-refractivity contribution in [1.29, 1.82) is 0 Å². The molecule has 2 aromatic heterocycles. The number of hydrogen-bond acceptors (Lipinski definition) is 5. The minimum absolute atomic E-state index is 0.104. The van der Waals surface area contributed by atoms with Gasteiger partial charge in [0.15, 0.2) is 0 Å². The summed E-state index contributed by atoms with van der Waals surface area (Å²) in [6.07, 6.45) is 0.544. The van der Waals surface area contributed by atoms with Gasteiger partial charge in [-0.05, 0) is 42.6 Å². The first-order chi connectivity index (χ1) is 17.0. The van der Waals surface area contributed by atoms with E-state index < -0.39 is 5.97 Å². The highest BCUT2D eigenvalue weighted by atomic mass is 16.5. The molecule has 6 heteroatoms. The number of ether oxygens (including phenoxy) is 2. The SMILES string of the molecule is C=C(C)C(=O)OCCCOc1ccc2c3c1cccc3c(=O)n1c3cccc4cccc(nc21)c43. The standard InChI is InChI=1S/C29H22N2O4/c1-17(2)29(33)35-16-6-15-34-24-14-13-20-26-19(24)9-5-10-21(26)28(32)31-23-12-4-8-18-7-3-11-22(25(18)23)30-27(20)31/h3-5,7-14H,1,6,15-16H2,2H3. The number of fused-ring (bicyclic) bond motifs is 3. The summed E-state index contributed by atoms with van der Waals surface area (Å²) in [5, 5.41) is 5.24. The molecule has 0 aliphatic carbocycles. The molecule has 6 nitrogen and oxygen atoms in total. The van der Waals surface area contributed by atoms with Crippen LogP contribution >= 0.6 is 0 Å². The lowest BCUT2D eigenvalue weighted by Crippen LogP contribution is -2.16. The summed E-state index contributed by atoms with van der Waals surface area (Å²) < 4.78 is 12.9. The van der Waals surface area contributed by atoms with E-state index in [1.165, 1.54) is 0 Å². The predicted octanol–water partition coefficient (Wildman–Crippen LogP) is 5.63. The van der Waals surface area contributed by atoms with Gasteiger partial charge in [-0.15, -0.1) is 0 Å². The maximum Gasteiger partial charge on any atom is 0.333 e. The summed E-state index contributed by atoms with van der Waals surface area (Å²) in [6, 6.07) is 21.6. The van der Waals surface area contributed by atoms with Crippen LogP contribution in [-0.4, -0.2) is 28.6 Å². The van der Waals surface area contributed by atoms with E-state index in [0.29, 0.717) is 35.4 Å². The average Bonchev–Trinajstić information content (AvgIpc) is 2.87. The third kappa shape index (κ3) is 3.29. The van der Waals surface area contributed by atoms with Crippen LogP contribution in [0.4, 0.5) is 0 Å². The number of hydrogen-bond donors (Lipinski definition) is 0. The fourth-order valence-corrected chi connectivity index (χ4v) is 4.77. The lowest BCUT2D eigenvalue weighted by Gasteiger charge is -2.16. The summed E-state index contributed by atoms with van der Waals surface area (Å²) in [5.74, 6) is 0.275. The molecule has 35 heavy (non-hydrogen) atoms. The zero-order chi connectivity index (χ0) is 24.1. The van der Waals surface area contributed by atoms with Gasteiger partial charge in [-0.2, -0.15) is 0 Å². The van der Waals surface area contributed by atoms with Crippen LogP contribution in [-0.2, 0) is 9.53 Å².